The van der Waals surface area contributed by atoms with Gasteiger partial charge in [0, 0.05) is 24.2 Å². The van der Waals surface area contributed by atoms with Crippen LogP contribution in [0.3, 0.4) is 0 Å². The summed E-state index contributed by atoms with van der Waals surface area (Å²) in [6, 6.07) is 12.9. The molecule has 3 nitrogen and oxygen atoms in total. The molecule has 0 aliphatic carbocycles. The molecule has 3 rings (SSSR count). The van der Waals surface area contributed by atoms with E-state index < -0.39 is 0 Å². The maximum atomic E-state index is 5.86. The zero-order chi connectivity index (χ0) is 14.2. The third kappa shape index (κ3) is 2.17. The monoisotopic (exact) mass is 270 g/mol. The number of anilines is 1. The Hall–Kier alpha value is -1.58. The van der Waals surface area contributed by atoms with E-state index in [2.05, 4.69) is 55.1 Å². The van der Waals surface area contributed by atoms with Crippen LogP contribution in [0.25, 0.3) is 10.8 Å². The molecule has 106 valence electrons. The van der Waals surface area contributed by atoms with Gasteiger partial charge in [-0.25, -0.2) is 0 Å². The van der Waals surface area contributed by atoms with Gasteiger partial charge in [-0.3, -0.25) is 0 Å². The zero-order valence-corrected chi connectivity index (χ0v) is 12.2. The molecule has 1 aliphatic heterocycles. The van der Waals surface area contributed by atoms with Gasteiger partial charge < -0.3 is 15.4 Å². The lowest BCUT2D eigenvalue weighted by Crippen LogP contribution is -2.53. The Morgan fingerprint density at radius 1 is 1.15 bits per heavy atom. The Bertz CT molecular complexity index is 621. The highest BCUT2D eigenvalue weighted by atomic mass is 16.5. The van der Waals surface area contributed by atoms with Gasteiger partial charge in [0.1, 0.15) is 0 Å². The van der Waals surface area contributed by atoms with Crippen LogP contribution in [0, 0.1) is 0 Å². The SMILES string of the molecule is CC1(C)COCCN1c1ccc(CN)c2ccccc12. The summed E-state index contributed by atoms with van der Waals surface area (Å²) in [6.07, 6.45) is 0. The van der Waals surface area contributed by atoms with Crippen LogP contribution < -0.4 is 10.6 Å². The lowest BCUT2D eigenvalue weighted by Gasteiger charge is -2.44. The number of nitrogens with zero attached hydrogens (tertiary/aromatic N) is 1. The first kappa shape index (κ1) is 13.4. The molecule has 0 radical (unpaired) electrons. The summed E-state index contributed by atoms with van der Waals surface area (Å²) in [5.41, 5.74) is 8.37. The predicted octanol–water partition coefficient (Wildman–Crippen LogP) is 2.91. The van der Waals surface area contributed by atoms with Gasteiger partial charge in [0.2, 0.25) is 0 Å². The van der Waals surface area contributed by atoms with Crippen molar-refractivity contribution in [3.8, 4) is 0 Å². The molecular weight excluding hydrogens is 248 g/mol. The fourth-order valence-corrected chi connectivity index (χ4v) is 3.06. The molecule has 1 heterocycles. The molecule has 20 heavy (non-hydrogen) atoms. The molecule has 1 fully saturated rings. The first-order valence-corrected chi connectivity index (χ1v) is 7.19. The van der Waals surface area contributed by atoms with Gasteiger partial charge in [-0.05, 0) is 30.9 Å². The number of benzene rings is 2. The van der Waals surface area contributed by atoms with Crippen molar-refractivity contribution in [2.75, 3.05) is 24.7 Å². The zero-order valence-electron chi connectivity index (χ0n) is 12.2. The van der Waals surface area contributed by atoms with Gasteiger partial charge in [0.15, 0.2) is 0 Å². The smallest absolute Gasteiger partial charge is 0.0694 e. The van der Waals surface area contributed by atoms with Crippen molar-refractivity contribution < 1.29 is 4.74 Å². The van der Waals surface area contributed by atoms with Gasteiger partial charge in [-0.1, -0.05) is 30.3 Å². The summed E-state index contributed by atoms with van der Waals surface area (Å²) in [5, 5.41) is 2.54. The van der Waals surface area contributed by atoms with E-state index in [-0.39, 0.29) is 5.54 Å². The van der Waals surface area contributed by atoms with Gasteiger partial charge >= 0.3 is 0 Å². The minimum Gasteiger partial charge on any atom is -0.377 e. The summed E-state index contributed by atoms with van der Waals surface area (Å²) in [5.74, 6) is 0. The molecule has 0 aromatic heterocycles. The van der Waals surface area contributed by atoms with E-state index in [4.69, 9.17) is 10.5 Å². The molecule has 0 amide bonds. The maximum absolute atomic E-state index is 5.86. The Morgan fingerprint density at radius 3 is 2.60 bits per heavy atom. The summed E-state index contributed by atoms with van der Waals surface area (Å²) in [4.78, 5) is 2.46. The first-order chi connectivity index (χ1) is 9.63. The van der Waals surface area contributed by atoms with E-state index in [0.29, 0.717) is 6.54 Å². The van der Waals surface area contributed by atoms with Crippen LogP contribution in [-0.4, -0.2) is 25.3 Å². The number of ether oxygens (including phenoxy) is 1. The van der Waals surface area contributed by atoms with E-state index in [0.717, 1.165) is 19.8 Å². The topological polar surface area (TPSA) is 38.5 Å². The van der Waals surface area contributed by atoms with Crippen molar-refractivity contribution in [2.45, 2.75) is 25.9 Å². The molecule has 2 aromatic rings. The summed E-state index contributed by atoms with van der Waals surface area (Å²) in [6.45, 7) is 7.53. The van der Waals surface area contributed by atoms with Gasteiger partial charge in [0.05, 0.1) is 18.8 Å². The van der Waals surface area contributed by atoms with Crippen LogP contribution in [0.4, 0.5) is 5.69 Å². The Labute approximate surface area is 120 Å². The van der Waals surface area contributed by atoms with Crippen molar-refractivity contribution in [1.29, 1.82) is 0 Å². The second-order valence-electron chi connectivity index (χ2n) is 6.01. The minimum atomic E-state index is 0.0191. The van der Waals surface area contributed by atoms with Crippen molar-refractivity contribution in [1.82, 2.24) is 0 Å². The Balaban J connectivity index is 2.17. The standard InChI is InChI=1S/C17H22N2O/c1-17(2)12-20-10-9-19(17)16-8-7-13(11-18)14-5-3-4-6-15(14)16/h3-8H,9-12,18H2,1-2H3. The van der Waals surface area contributed by atoms with E-state index in [1.54, 1.807) is 0 Å². The molecule has 3 heteroatoms. The fraction of sp³-hybridized carbons (Fsp3) is 0.412. The van der Waals surface area contributed by atoms with Crippen LogP contribution in [0.15, 0.2) is 36.4 Å². The van der Waals surface area contributed by atoms with Crippen LogP contribution in [-0.2, 0) is 11.3 Å². The fourth-order valence-electron chi connectivity index (χ4n) is 3.06. The van der Waals surface area contributed by atoms with Crippen molar-refractivity contribution >= 4 is 16.5 Å². The quantitative estimate of drug-likeness (QED) is 0.912. The number of morpholine rings is 1. The van der Waals surface area contributed by atoms with Crippen molar-refractivity contribution in [2.24, 2.45) is 5.73 Å². The van der Waals surface area contributed by atoms with Crippen LogP contribution in [0.1, 0.15) is 19.4 Å². The summed E-state index contributed by atoms with van der Waals surface area (Å²) in [7, 11) is 0. The second kappa shape index (κ2) is 5.08. The van der Waals surface area contributed by atoms with Crippen molar-refractivity contribution in [3.05, 3.63) is 42.0 Å². The van der Waals surface area contributed by atoms with E-state index in [9.17, 15) is 0 Å². The Kier molecular flexibility index (Phi) is 3.40. The number of rotatable bonds is 2. The minimum absolute atomic E-state index is 0.0191. The lowest BCUT2D eigenvalue weighted by atomic mass is 9.97. The summed E-state index contributed by atoms with van der Waals surface area (Å²) >= 11 is 0. The number of hydrogen-bond donors (Lipinski definition) is 1. The van der Waals surface area contributed by atoms with E-state index in [1.807, 2.05) is 0 Å². The molecule has 0 bridgehead atoms. The predicted molar refractivity (Wildman–Crippen MR) is 84.1 cm³/mol. The molecule has 0 spiro atoms. The van der Waals surface area contributed by atoms with Crippen LogP contribution >= 0.6 is 0 Å². The molecule has 2 aromatic carbocycles. The highest BCUT2D eigenvalue weighted by molar-refractivity contribution is 5.96. The highest BCUT2D eigenvalue weighted by Gasteiger charge is 2.31. The van der Waals surface area contributed by atoms with Crippen LogP contribution in [0.5, 0.6) is 0 Å². The summed E-state index contributed by atoms with van der Waals surface area (Å²) < 4.78 is 5.63. The molecular formula is C17H22N2O. The Morgan fingerprint density at radius 2 is 1.90 bits per heavy atom. The average Bonchev–Trinajstić information content (AvgIpc) is 2.46. The molecule has 1 aliphatic rings. The van der Waals surface area contributed by atoms with Gasteiger partial charge in [0.25, 0.3) is 0 Å². The third-order valence-corrected chi connectivity index (χ3v) is 4.15. The molecule has 0 saturated carbocycles. The number of nitrogens with two attached hydrogens (primary N) is 1. The van der Waals surface area contributed by atoms with Gasteiger partial charge in [-0.15, -0.1) is 0 Å². The van der Waals surface area contributed by atoms with E-state index >= 15 is 0 Å². The number of fused-ring (bicyclic) bond motifs is 1. The van der Waals surface area contributed by atoms with Gasteiger partial charge in [-0.2, -0.15) is 0 Å². The second-order valence-corrected chi connectivity index (χ2v) is 6.01. The largest absolute Gasteiger partial charge is 0.377 e. The maximum Gasteiger partial charge on any atom is 0.0694 e. The van der Waals surface area contributed by atoms with E-state index in [1.165, 1.54) is 22.0 Å². The first-order valence-electron chi connectivity index (χ1n) is 7.19. The molecule has 0 unspecified atom stereocenters. The van der Waals surface area contributed by atoms with Crippen molar-refractivity contribution in [3.63, 3.8) is 0 Å². The normalized spacial score (nSPS) is 18.4. The molecule has 2 N–H and O–H groups in total. The average molecular weight is 270 g/mol. The molecule has 1 saturated heterocycles. The van der Waals surface area contributed by atoms with Crippen LogP contribution in [0.2, 0.25) is 0 Å². The number of hydrogen-bond acceptors (Lipinski definition) is 3. The third-order valence-electron chi connectivity index (χ3n) is 4.15. The molecule has 0 atom stereocenters. The lowest BCUT2D eigenvalue weighted by molar-refractivity contribution is 0.0646. The highest BCUT2D eigenvalue weighted by Crippen LogP contribution is 2.34.